The number of anilines is 1. The summed E-state index contributed by atoms with van der Waals surface area (Å²) in [5.41, 5.74) is 3.70. The first-order valence-corrected chi connectivity index (χ1v) is 12.5. The largest absolute Gasteiger partial charge is 0.493 e. The fourth-order valence-corrected chi connectivity index (χ4v) is 4.51. The molecule has 1 N–H and O–H groups in total. The molecule has 7 heteroatoms. The van der Waals surface area contributed by atoms with Crippen molar-refractivity contribution in [2.24, 2.45) is 11.0 Å². The Morgan fingerprint density at radius 2 is 1.86 bits per heavy atom. The molecule has 186 valence electrons. The molecule has 1 saturated carbocycles. The normalized spacial score (nSPS) is 18.3. The molecule has 0 spiro atoms. The average Bonchev–Trinajstić information content (AvgIpc) is 3.38. The van der Waals surface area contributed by atoms with E-state index >= 15 is 0 Å². The summed E-state index contributed by atoms with van der Waals surface area (Å²) in [7, 11) is 1.66. The van der Waals surface area contributed by atoms with Gasteiger partial charge in [0.25, 0.3) is 0 Å². The molecule has 0 bridgehead atoms. The molecule has 0 aromatic heterocycles. The molecule has 35 heavy (non-hydrogen) atoms. The third-order valence-corrected chi connectivity index (χ3v) is 6.65. The molecular formula is C28H35N3O4. The maximum atomic E-state index is 11.9. The minimum atomic E-state index is -0.272. The van der Waals surface area contributed by atoms with Crippen LogP contribution in [0.4, 0.5) is 5.69 Å². The number of nitrogens with one attached hydrogen (secondary N) is 1. The van der Waals surface area contributed by atoms with Gasteiger partial charge in [0.05, 0.1) is 25.5 Å². The number of nitrogens with zero attached hydrogens (tertiary/aromatic N) is 2. The Morgan fingerprint density at radius 3 is 2.51 bits per heavy atom. The van der Waals surface area contributed by atoms with Gasteiger partial charge < -0.3 is 19.6 Å². The molecule has 1 aliphatic carbocycles. The van der Waals surface area contributed by atoms with Gasteiger partial charge in [-0.05, 0) is 74.4 Å². The van der Waals surface area contributed by atoms with Crippen LogP contribution in [-0.2, 0) is 16.1 Å². The third kappa shape index (κ3) is 6.21. The van der Waals surface area contributed by atoms with Crippen LogP contribution in [0.25, 0.3) is 0 Å². The van der Waals surface area contributed by atoms with Gasteiger partial charge in [-0.15, -0.1) is 0 Å². The molecule has 4 rings (SSSR count). The summed E-state index contributed by atoms with van der Waals surface area (Å²) in [4.78, 5) is 23.7. The smallest absolute Gasteiger partial charge is 0.226 e. The van der Waals surface area contributed by atoms with Crippen molar-refractivity contribution in [1.82, 2.24) is 5.01 Å². The molecule has 2 aliphatic rings. The lowest BCUT2D eigenvalue weighted by atomic mass is 10.00. The molecule has 1 aliphatic heterocycles. The Labute approximate surface area is 207 Å². The minimum Gasteiger partial charge on any atom is -0.493 e. The summed E-state index contributed by atoms with van der Waals surface area (Å²) < 4.78 is 11.8. The first-order valence-electron chi connectivity index (χ1n) is 12.5. The van der Waals surface area contributed by atoms with Gasteiger partial charge in [0.2, 0.25) is 5.91 Å². The van der Waals surface area contributed by atoms with Crippen LogP contribution in [-0.4, -0.2) is 42.2 Å². The second-order valence-electron chi connectivity index (χ2n) is 9.62. The summed E-state index contributed by atoms with van der Waals surface area (Å²) in [6, 6.07) is 13.4. The van der Waals surface area contributed by atoms with E-state index in [1.54, 1.807) is 7.11 Å². The van der Waals surface area contributed by atoms with Crippen molar-refractivity contribution in [3.63, 3.8) is 0 Å². The van der Waals surface area contributed by atoms with Crippen LogP contribution in [0.3, 0.4) is 0 Å². The molecule has 2 aromatic rings. The molecule has 7 nitrogen and oxygen atoms in total. The van der Waals surface area contributed by atoms with E-state index in [4.69, 9.17) is 14.6 Å². The Balaban J connectivity index is 1.51. The van der Waals surface area contributed by atoms with Crippen molar-refractivity contribution in [3.05, 3.63) is 53.6 Å². The van der Waals surface area contributed by atoms with E-state index in [2.05, 4.69) is 5.32 Å². The van der Waals surface area contributed by atoms with Crippen molar-refractivity contribution < 1.29 is 19.1 Å². The lowest BCUT2D eigenvalue weighted by molar-refractivity contribution is -0.119. The van der Waals surface area contributed by atoms with E-state index < -0.39 is 0 Å². The van der Waals surface area contributed by atoms with Gasteiger partial charge in [-0.3, -0.25) is 9.80 Å². The highest BCUT2D eigenvalue weighted by Gasteiger charge is 2.25. The van der Waals surface area contributed by atoms with E-state index in [9.17, 15) is 9.59 Å². The molecule has 0 radical (unpaired) electrons. The van der Waals surface area contributed by atoms with Crippen molar-refractivity contribution in [2.75, 3.05) is 12.4 Å². The number of ether oxygens (including phenoxy) is 2. The summed E-state index contributed by atoms with van der Waals surface area (Å²) in [5, 5.41) is 9.63. The summed E-state index contributed by atoms with van der Waals surface area (Å²) in [6.45, 7) is 4.23. The van der Waals surface area contributed by atoms with Crippen LogP contribution in [0.1, 0.15) is 63.5 Å². The molecule has 2 aromatic carbocycles. The second-order valence-corrected chi connectivity index (χ2v) is 9.62. The maximum absolute atomic E-state index is 11.9. The maximum Gasteiger partial charge on any atom is 0.226 e. The first-order chi connectivity index (χ1) is 17.0. The number of hydrogen-bond donors (Lipinski definition) is 1. The van der Waals surface area contributed by atoms with Crippen LogP contribution in [0.5, 0.6) is 11.5 Å². The zero-order valence-corrected chi connectivity index (χ0v) is 20.8. The van der Waals surface area contributed by atoms with Crippen LogP contribution < -0.4 is 14.8 Å². The lowest BCUT2D eigenvalue weighted by Crippen LogP contribution is -2.37. The fraction of sp³-hybridized carbons (Fsp3) is 0.464. The van der Waals surface area contributed by atoms with Gasteiger partial charge in [-0.1, -0.05) is 26.0 Å². The quantitative estimate of drug-likeness (QED) is 0.504. The van der Waals surface area contributed by atoms with Crippen LogP contribution >= 0.6 is 0 Å². The number of amides is 1. The first kappa shape index (κ1) is 24.8. The fourth-order valence-electron chi connectivity index (χ4n) is 4.51. The van der Waals surface area contributed by atoms with Gasteiger partial charge in [0.1, 0.15) is 12.3 Å². The molecule has 1 heterocycles. The van der Waals surface area contributed by atoms with E-state index in [1.807, 2.05) is 61.3 Å². The monoisotopic (exact) mass is 477 g/mol. The molecule has 1 atom stereocenters. The van der Waals surface area contributed by atoms with Gasteiger partial charge in [0, 0.05) is 17.2 Å². The number of aldehydes is 1. The van der Waals surface area contributed by atoms with E-state index in [0.29, 0.717) is 13.0 Å². The molecule has 1 amide bonds. The zero-order valence-electron chi connectivity index (χ0n) is 20.8. The SMILES string of the molecule is COc1ccc(C2=NN(Cc3ccc(NC(=O)C(C)C)cc3)C(C=O)CC2)cc1OC1CCCC1. The highest BCUT2D eigenvalue weighted by Crippen LogP contribution is 2.33. The number of hydrazone groups is 1. The van der Waals surface area contributed by atoms with Crippen LogP contribution in [0.2, 0.25) is 0 Å². The number of rotatable bonds is 9. The van der Waals surface area contributed by atoms with Gasteiger partial charge in [-0.2, -0.15) is 5.10 Å². The Morgan fingerprint density at radius 1 is 1.11 bits per heavy atom. The van der Waals surface area contributed by atoms with E-state index in [1.165, 1.54) is 12.8 Å². The van der Waals surface area contributed by atoms with Gasteiger partial charge in [0.15, 0.2) is 11.5 Å². The lowest BCUT2D eigenvalue weighted by Gasteiger charge is -2.31. The van der Waals surface area contributed by atoms with Crippen LogP contribution in [0.15, 0.2) is 47.6 Å². The highest BCUT2D eigenvalue weighted by atomic mass is 16.5. The highest BCUT2D eigenvalue weighted by molar-refractivity contribution is 6.01. The average molecular weight is 478 g/mol. The number of methoxy groups -OCH3 is 1. The predicted molar refractivity (Wildman–Crippen MR) is 137 cm³/mol. The zero-order chi connectivity index (χ0) is 24.8. The van der Waals surface area contributed by atoms with E-state index in [0.717, 1.165) is 59.6 Å². The number of hydrogen-bond acceptors (Lipinski definition) is 6. The topological polar surface area (TPSA) is 80.2 Å². The second kappa shape index (κ2) is 11.4. The van der Waals surface area contributed by atoms with Crippen molar-refractivity contribution in [3.8, 4) is 11.5 Å². The number of carbonyl (C=O) groups is 2. The standard InChI is InChI=1S/C28H35N3O4/c1-19(2)28(33)29-22-11-8-20(9-12-22)17-31-23(18-32)13-14-25(30-31)21-10-15-26(34-3)27(16-21)35-24-6-4-5-7-24/h8-12,15-16,18-19,23-24H,4-7,13-14,17H2,1-3H3,(H,29,33). The number of carbonyl (C=O) groups excluding carboxylic acids is 2. The molecular weight excluding hydrogens is 442 g/mol. The third-order valence-electron chi connectivity index (χ3n) is 6.65. The number of benzene rings is 2. The Bertz CT molecular complexity index is 1060. The molecule has 0 saturated heterocycles. The Kier molecular flexibility index (Phi) is 8.06. The van der Waals surface area contributed by atoms with E-state index in [-0.39, 0.29) is 24.0 Å². The van der Waals surface area contributed by atoms with Crippen molar-refractivity contribution >= 4 is 23.6 Å². The Hall–Kier alpha value is -3.35. The summed E-state index contributed by atoms with van der Waals surface area (Å²) in [5.74, 6) is 1.39. The molecule has 1 unspecified atom stereocenters. The van der Waals surface area contributed by atoms with Gasteiger partial charge >= 0.3 is 0 Å². The summed E-state index contributed by atoms with van der Waals surface area (Å²) >= 11 is 0. The van der Waals surface area contributed by atoms with Crippen molar-refractivity contribution in [1.29, 1.82) is 0 Å². The predicted octanol–water partition coefficient (Wildman–Crippen LogP) is 5.18. The van der Waals surface area contributed by atoms with Crippen LogP contribution in [0, 0.1) is 5.92 Å². The molecule has 1 fully saturated rings. The minimum absolute atomic E-state index is 0.0141. The van der Waals surface area contributed by atoms with Gasteiger partial charge in [-0.25, -0.2) is 0 Å². The summed E-state index contributed by atoms with van der Waals surface area (Å²) in [6.07, 6.45) is 7.17. The van der Waals surface area contributed by atoms with Crippen molar-refractivity contribution in [2.45, 2.75) is 71.1 Å².